The number of rotatable bonds is 3. The Bertz CT molecular complexity index is 403. The molecule has 0 aliphatic carbocycles. The Morgan fingerprint density at radius 2 is 2.27 bits per heavy atom. The van der Waals surface area contributed by atoms with Gasteiger partial charge in [-0.3, -0.25) is 10.1 Å². The zero-order chi connectivity index (χ0) is 11.6. The molecule has 0 unspecified atom stereocenters. The van der Waals surface area contributed by atoms with Crippen molar-refractivity contribution in [3.8, 4) is 0 Å². The van der Waals surface area contributed by atoms with Crippen LogP contribution < -0.4 is 0 Å². The van der Waals surface area contributed by atoms with Crippen molar-refractivity contribution in [2.45, 2.75) is 12.3 Å². The molecule has 0 aliphatic heterocycles. The molecule has 0 bridgehead atoms. The normalized spacial score (nSPS) is 10.7. The van der Waals surface area contributed by atoms with E-state index in [1.807, 2.05) is 0 Å². The molecule has 0 atom stereocenters. The minimum absolute atomic E-state index is 0.00420. The van der Waals surface area contributed by atoms with E-state index in [1.165, 1.54) is 0 Å². The third-order valence-corrected chi connectivity index (χ3v) is 2.73. The molecule has 1 rings (SSSR count). The van der Waals surface area contributed by atoms with Gasteiger partial charge >= 0.3 is 0 Å². The molecule has 0 amide bonds. The molecular weight excluding hydrogens is 344 g/mol. The highest BCUT2D eigenvalue weighted by Gasteiger charge is 2.22. The fourth-order valence-corrected chi connectivity index (χ4v) is 1.82. The van der Waals surface area contributed by atoms with Crippen LogP contribution in [0.25, 0.3) is 0 Å². The molecule has 4 nitrogen and oxygen atoms in total. The second kappa shape index (κ2) is 4.97. The zero-order valence-electron chi connectivity index (χ0n) is 7.08. The van der Waals surface area contributed by atoms with Crippen LogP contribution in [0.15, 0.2) is 6.07 Å². The van der Waals surface area contributed by atoms with E-state index in [0.29, 0.717) is 0 Å². The Morgan fingerprint density at radius 1 is 1.67 bits per heavy atom. The Kier molecular flexibility index (Phi) is 4.14. The summed E-state index contributed by atoms with van der Waals surface area (Å²) in [5, 5.41) is 10.5. The number of halogens is 4. The second-order valence-electron chi connectivity index (χ2n) is 2.53. The minimum Gasteiger partial charge on any atom is -0.258 e. The first-order chi connectivity index (χ1) is 6.97. The molecule has 1 aromatic heterocycles. The number of hydrogen-bond donors (Lipinski definition) is 0. The third kappa shape index (κ3) is 2.71. The predicted molar refractivity (Wildman–Crippen MR) is 58.1 cm³/mol. The van der Waals surface area contributed by atoms with Crippen molar-refractivity contribution >= 4 is 39.9 Å². The third-order valence-electron chi connectivity index (χ3n) is 1.62. The van der Waals surface area contributed by atoms with E-state index in [9.17, 15) is 18.9 Å². The molecule has 15 heavy (non-hydrogen) atoms. The average molecular weight is 348 g/mol. The lowest BCUT2D eigenvalue weighted by Crippen LogP contribution is -2.02. The lowest BCUT2D eigenvalue weighted by atomic mass is 10.2. The van der Waals surface area contributed by atoms with Gasteiger partial charge in [-0.1, -0.05) is 0 Å². The average Bonchev–Trinajstić information content (AvgIpc) is 2.16. The summed E-state index contributed by atoms with van der Waals surface area (Å²) in [5.74, 6) is -0.185. The van der Waals surface area contributed by atoms with Crippen molar-refractivity contribution in [1.82, 2.24) is 4.98 Å². The molecule has 0 saturated heterocycles. The molecule has 8 heteroatoms. The van der Waals surface area contributed by atoms with Crippen LogP contribution in [0.2, 0.25) is 0 Å². The maximum Gasteiger partial charge on any atom is 0.292 e. The maximum atomic E-state index is 12.4. The smallest absolute Gasteiger partial charge is 0.258 e. The predicted octanol–water partition coefficient (Wildman–Crippen LogP) is 3.27. The van der Waals surface area contributed by atoms with E-state index in [0.717, 1.165) is 6.07 Å². The number of nitro groups is 1. The molecule has 0 N–H and O–H groups in total. The summed E-state index contributed by atoms with van der Waals surface area (Å²) in [5.41, 5.74) is -0.924. The second-order valence-corrected chi connectivity index (χ2v) is 3.81. The monoisotopic (exact) mass is 348 g/mol. The summed E-state index contributed by atoms with van der Waals surface area (Å²) in [6.45, 7) is 0. The van der Waals surface area contributed by atoms with Gasteiger partial charge < -0.3 is 0 Å². The number of aromatic nitrogens is 1. The largest absolute Gasteiger partial charge is 0.292 e. The first kappa shape index (κ1) is 12.5. The van der Waals surface area contributed by atoms with Crippen LogP contribution in [0.4, 0.5) is 14.5 Å². The van der Waals surface area contributed by atoms with Gasteiger partial charge in [-0.25, -0.2) is 13.8 Å². The molecule has 82 valence electrons. The van der Waals surface area contributed by atoms with Gasteiger partial charge in [0.2, 0.25) is 0 Å². The number of pyridine rings is 1. The fraction of sp³-hybridized carbons (Fsp3) is 0.286. The molecule has 0 aromatic carbocycles. The van der Waals surface area contributed by atoms with Crippen molar-refractivity contribution in [1.29, 1.82) is 0 Å². The molecule has 0 fully saturated rings. The van der Waals surface area contributed by atoms with E-state index in [4.69, 9.17) is 11.6 Å². The van der Waals surface area contributed by atoms with Gasteiger partial charge in [-0.2, -0.15) is 0 Å². The Hall–Kier alpha value is -0.570. The maximum absolute atomic E-state index is 12.4. The van der Waals surface area contributed by atoms with Crippen molar-refractivity contribution < 1.29 is 13.7 Å². The highest BCUT2D eigenvalue weighted by atomic mass is 127. The van der Waals surface area contributed by atoms with Gasteiger partial charge in [0.15, 0.2) is 0 Å². The highest BCUT2D eigenvalue weighted by Crippen LogP contribution is 2.29. The van der Waals surface area contributed by atoms with Crippen LogP contribution in [0.5, 0.6) is 0 Å². The minimum atomic E-state index is -2.78. The van der Waals surface area contributed by atoms with Gasteiger partial charge in [0.05, 0.1) is 16.4 Å². The van der Waals surface area contributed by atoms with Crippen LogP contribution in [0.3, 0.4) is 0 Å². The van der Waals surface area contributed by atoms with E-state index in [-0.39, 0.29) is 15.3 Å². The SMILES string of the molecule is O=[N+]([O-])c1cc(C(F)F)c(I)nc1CCl. The summed E-state index contributed by atoms with van der Waals surface area (Å²) < 4.78 is 24.8. The zero-order valence-corrected chi connectivity index (χ0v) is 10.00. The number of nitrogens with zero attached hydrogens (tertiary/aromatic N) is 2. The topological polar surface area (TPSA) is 56.0 Å². The Morgan fingerprint density at radius 3 is 2.67 bits per heavy atom. The van der Waals surface area contributed by atoms with Crippen molar-refractivity contribution in [2.24, 2.45) is 0 Å². The van der Waals surface area contributed by atoms with Gasteiger partial charge in [0.25, 0.3) is 12.1 Å². The van der Waals surface area contributed by atoms with Gasteiger partial charge in [-0.15, -0.1) is 11.6 Å². The summed E-state index contributed by atoms with van der Waals surface area (Å²) >= 11 is 7.01. The van der Waals surface area contributed by atoms with E-state index < -0.39 is 22.6 Å². The van der Waals surface area contributed by atoms with Crippen LogP contribution >= 0.6 is 34.2 Å². The summed E-state index contributed by atoms with van der Waals surface area (Å²) in [6.07, 6.45) is -2.78. The van der Waals surface area contributed by atoms with Gasteiger partial charge in [0, 0.05) is 6.07 Å². The van der Waals surface area contributed by atoms with Gasteiger partial charge in [-0.05, 0) is 22.6 Å². The lowest BCUT2D eigenvalue weighted by molar-refractivity contribution is -0.385. The van der Waals surface area contributed by atoms with Crippen LogP contribution in [-0.2, 0) is 5.88 Å². The summed E-state index contributed by atoms with van der Waals surface area (Å²) in [4.78, 5) is 13.4. The molecule has 0 aliphatic rings. The molecule has 0 saturated carbocycles. The summed E-state index contributed by atoms with van der Waals surface area (Å²) in [7, 11) is 0. The van der Waals surface area contributed by atoms with E-state index in [1.54, 1.807) is 22.6 Å². The first-order valence-electron chi connectivity index (χ1n) is 3.65. The number of alkyl halides is 3. The Balaban J connectivity index is 3.37. The molecule has 1 aromatic rings. The molecule has 0 radical (unpaired) electrons. The standard InChI is InChI=1S/C7H4ClF2IN2O2/c8-2-4-5(13(14)15)1-3(6(9)10)7(11)12-4/h1,6H,2H2. The first-order valence-corrected chi connectivity index (χ1v) is 5.26. The highest BCUT2D eigenvalue weighted by molar-refractivity contribution is 14.1. The lowest BCUT2D eigenvalue weighted by Gasteiger charge is -2.04. The van der Waals surface area contributed by atoms with Crippen LogP contribution in [0.1, 0.15) is 17.7 Å². The van der Waals surface area contributed by atoms with E-state index in [2.05, 4.69) is 4.98 Å². The van der Waals surface area contributed by atoms with Crippen LogP contribution in [0, 0.1) is 13.8 Å². The summed E-state index contributed by atoms with van der Waals surface area (Å²) in [6, 6.07) is 0.817. The fourth-order valence-electron chi connectivity index (χ4n) is 0.940. The van der Waals surface area contributed by atoms with Crippen molar-refractivity contribution in [3.63, 3.8) is 0 Å². The quantitative estimate of drug-likeness (QED) is 0.277. The Labute approximate surface area is 102 Å². The van der Waals surface area contributed by atoms with Crippen molar-refractivity contribution in [3.05, 3.63) is 31.1 Å². The van der Waals surface area contributed by atoms with E-state index >= 15 is 0 Å². The van der Waals surface area contributed by atoms with Crippen molar-refractivity contribution in [2.75, 3.05) is 0 Å². The van der Waals surface area contributed by atoms with Gasteiger partial charge in [0.1, 0.15) is 9.39 Å². The molecular formula is C7H4ClF2IN2O2. The molecule has 0 spiro atoms. The molecule has 1 heterocycles. The van der Waals surface area contributed by atoms with Crippen LogP contribution in [-0.4, -0.2) is 9.91 Å². The number of hydrogen-bond acceptors (Lipinski definition) is 3.